The van der Waals surface area contributed by atoms with E-state index in [2.05, 4.69) is 19.6 Å². The van der Waals surface area contributed by atoms with Crippen LogP contribution in [0, 0.1) is 11.8 Å². The number of aliphatic hydroxyl groups excluding tert-OH is 1. The topological polar surface area (TPSA) is 20.2 Å². The fourth-order valence-electron chi connectivity index (χ4n) is 1.60. The molecule has 1 aliphatic carbocycles. The number of aliphatic hydroxyl groups is 1. The third kappa shape index (κ3) is 2.19. The van der Waals surface area contributed by atoms with Crippen molar-refractivity contribution in [3.8, 4) is 0 Å². The summed E-state index contributed by atoms with van der Waals surface area (Å²) in [6.45, 7) is 5.89. The van der Waals surface area contributed by atoms with Crippen LogP contribution in [-0.2, 0) is 0 Å². The summed E-state index contributed by atoms with van der Waals surface area (Å²) in [6.07, 6.45) is 7.67. The van der Waals surface area contributed by atoms with Crippen LogP contribution in [0.2, 0.25) is 0 Å². The molecular weight excluding hydrogens is 136 g/mol. The van der Waals surface area contributed by atoms with Crippen molar-refractivity contribution in [3.05, 3.63) is 24.8 Å². The molecule has 1 heteroatoms. The SMILES string of the molecule is C=CC[C@@H]1C=C[C@@H](O)C[C@@H]1C. The Morgan fingerprint density at radius 2 is 2.36 bits per heavy atom. The van der Waals surface area contributed by atoms with E-state index in [1.807, 2.05) is 12.2 Å². The number of allylic oxidation sites excluding steroid dienone is 2. The van der Waals surface area contributed by atoms with Gasteiger partial charge in [-0.3, -0.25) is 0 Å². The van der Waals surface area contributed by atoms with Crippen molar-refractivity contribution >= 4 is 0 Å². The van der Waals surface area contributed by atoms with E-state index in [0.29, 0.717) is 11.8 Å². The summed E-state index contributed by atoms with van der Waals surface area (Å²) >= 11 is 0. The van der Waals surface area contributed by atoms with Gasteiger partial charge in [-0.2, -0.15) is 0 Å². The predicted octanol–water partition coefficient (Wildman–Crippen LogP) is 2.14. The zero-order valence-electron chi connectivity index (χ0n) is 7.03. The summed E-state index contributed by atoms with van der Waals surface area (Å²) < 4.78 is 0. The van der Waals surface area contributed by atoms with Gasteiger partial charge in [0.1, 0.15) is 0 Å². The molecule has 11 heavy (non-hydrogen) atoms. The third-order valence-corrected chi connectivity index (χ3v) is 2.36. The van der Waals surface area contributed by atoms with E-state index < -0.39 is 0 Å². The van der Waals surface area contributed by atoms with Gasteiger partial charge in [0.15, 0.2) is 0 Å². The van der Waals surface area contributed by atoms with Crippen LogP contribution < -0.4 is 0 Å². The second-order valence-corrected chi connectivity index (χ2v) is 3.35. The normalized spacial score (nSPS) is 37.1. The molecule has 0 fully saturated rings. The minimum atomic E-state index is -0.217. The Kier molecular flexibility index (Phi) is 2.89. The molecule has 0 radical (unpaired) electrons. The molecule has 0 aliphatic heterocycles. The molecule has 0 bridgehead atoms. The molecule has 0 unspecified atom stereocenters. The van der Waals surface area contributed by atoms with Gasteiger partial charge in [-0.15, -0.1) is 6.58 Å². The molecule has 1 N–H and O–H groups in total. The second kappa shape index (κ2) is 3.72. The summed E-state index contributed by atoms with van der Waals surface area (Å²) in [6, 6.07) is 0. The quantitative estimate of drug-likeness (QED) is 0.601. The zero-order chi connectivity index (χ0) is 8.27. The van der Waals surface area contributed by atoms with Gasteiger partial charge in [-0.05, 0) is 24.7 Å². The molecule has 0 heterocycles. The first-order valence-corrected chi connectivity index (χ1v) is 4.21. The van der Waals surface area contributed by atoms with Crippen LogP contribution in [0.25, 0.3) is 0 Å². The van der Waals surface area contributed by atoms with Crippen LogP contribution in [0.15, 0.2) is 24.8 Å². The highest BCUT2D eigenvalue weighted by atomic mass is 16.3. The highest BCUT2D eigenvalue weighted by Gasteiger charge is 2.19. The molecule has 3 atom stereocenters. The van der Waals surface area contributed by atoms with Gasteiger partial charge in [0.2, 0.25) is 0 Å². The van der Waals surface area contributed by atoms with Crippen LogP contribution in [0.4, 0.5) is 0 Å². The highest BCUT2D eigenvalue weighted by molar-refractivity contribution is 5.02. The lowest BCUT2D eigenvalue weighted by Crippen LogP contribution is -2.20. The third-order valence-electron chi connectivity index (χ3n) is 2.36. The number of hydrogen-bond donors (Lipinski definition) is 1. The van der Waals surface area contributed by atoms with Gasteiger partial charge in [-0.1, -0.05) is 25.2 Å². The average Bonchev–Trinajstić information content (AvgIpc) is 1.95. The van der Waals surface area contributed by atoms with Crippen molar-refractivity contribution < 1.29 is 5.11 Å². The summed E-state index contributed by atoms with van der Waals surface area (Å²) in [5.41, 5.74) is 0. The molecule has 0 amide bonds. The lowest BCUT2D eigenvalue weighted by atomic mass is 9.82. The minimum absolute atomic E-state index is 0.217. The smallest absolute Gasteiger partial charge is 0.0723 e. The van der Waals surface area contributed by atoms with E-state index >= 15 is 0 Å². The molecule has 0 spiro atoms. The number of hydrogen-bond acceptors (Lipinski definition) is 1. The second-order valence-electron chi connectivity index (χ2n) is 3.35. The predicted molar refractivity (Wildman–Crippen MR) is 47.2 cm³/mol. The van der Waals surface area contributed by atoms with E-state index in [9.17, 15) is 5.11 Å². The molecule has 0 aromatic carbocycles. The fraction of sp³-hybridized carbons (Fsp3) is 0.600. The Hall–Kier alpha value is -0.560. The van der Waals surface area contributed by atoms with Crippen LogP contribution in [0.5, 0.6) is 0 Å². The van der Waals surface area contributed by atoms with E-state index in [0.717, 1.165) is 12.8 Å². The van der Waals surface area contributed by atoms with Crippen molar-refractivity contribution in [2.24, 2.45) is 11.8 Å². The lowest BCUT2D eigenvalue weighted by molar-refractivity contribution is 0.165. The Morgan fingerprint density at radius 3 is 2.91 bits per heavy atom. The first kappa shape index (κ1) is 8.54. The van der Waals surface area contributed by atoms with Gasteiger partial charge in [-0.25, -0.2) is 0 Å². The van der Waals surface area contributed by atoms with E-state index in [4.69, 9.17) is 0 Å². The number of rotatable bonds is 2. The maximum atomic E-state index is 9.25. The summed E-state index contributed by atoms with van der Waals surface area (Å²) in [5, 5.41) is 9.25. The van der Waals surface area contributed by atoms with E-state index in [-0.39, 0.29) is 6.10 Å². The van der Waals surface area contributed by atoms with Crippen molar-refractivity contribution in [1.82, 2.24) is 0 Å². The van der Waals surface area contributed by atoms with Crippen LogP contribution in [-0.4, -0.2) is 11.2 Å². The van der Waals surface area contributed by atoms with Crippen molar-refractivity contribution in [1.29, 1.82) is 0 Å². The van der Waals surface area contributed by atoms with Gasteiger partial charge in [0.25, 0.3) is 0 Å². The highest BCUT2D eigenvalue weighted by Crippen LogP contribution is 2.26. The Labute approximate surface area is 68.4 Å². The first-order chi connectivity index (χ1) is 5.24. The largest absolute Gasteiger partial charge is 0.389 e. The molecule has 0 aromatic heterocycles. The van der Waals surface area contributed by atoms with Crippen LogP contribution in [0.1, 0.15) is 19.8 Å². The fourth-order valence-corrected chi connectivity index (χ4v) is 1.60. The molecule has 0 saturated carbocycles. The summed E-state index contributed by atoms with van der Waals surface area (Å²) in [4.78, 5) is 0. The first-order valence-electron chi connectivity index (χ1n) is 4.21. The van der Waals surface area contributed by atoms with Gasteiger partial charge >= 0.3 is 0 Å². The Morgan fingerprint density at radius 1 is 1.64 bits per heavy atom. The molecule has 1 rings (SSSR count). The molecule has 1 aliphatic rings. The molecule has 0 saturated heterocycles. The van der Waals surface area contributed by atoms with E-state index in [1.165, 1.54) is 0 Å². The Balaban J connectivity index is 2.53. The maximum Gasteiger partial charge on any atom is 0.0723 e. The van der Waals surface area contributed by atoms with E-state index in [1.54, 1.807) is 0 Å². The standard InChI is InChI=1S/C10H16O/c1-3-4-9-5-6-10(11)7-8(9)2/h3,5-6,8-11H,1,4,7H2,2H3/t8-,9+,10+/m0/s1. The summed E-state index contributed by atoms with van der Waals surface area (Å²) in [7, 11) is 0. The summed E-state index contributed by atoms with van der Waals surface area (Å²) in [5.74, 6) is 1.18. The van der Waals surface area contributed by atoms with Gasteiger partial charge in [0.05, 0.1) is 6.10 Å². The van der Waals surface area contributed by atoms with Crippen molar-refractivity contribution in [2.45, 2.75) is 25.9 Å². The van der Waals surface area contributed by atoms with Crippen molar-refractivity contribution in [2.75, 3.05) is 0 Å². The van der Waals surface area contributed by atoms with Gasteiger partial charge < -0.3 is 5.11 Å². The van der Waals surface area contributed by atoms with Crippen molar-refractivity contribution in [3.63, 3.8) is 0 Å². The monoisotopic (exact) mass is 152 g/mol. The van der Waals surface area contributed by atoms with Crippen LogP contribution in [0.3, 0.4) is 0 Å². The minimum Gasteiger partial charge on any atom is -0.389 e. The molecular formula is C10H16O. The maximum absolute atomic E-state index is 9.25. The Bertz CT molecular complexity index is 160. The average molecular weight is 152 g/mol. The molecule has 1 nitrogen and oxygen atoms in total. The van der Waals surface area contributed by atoms with Gasteiger partial charge in [0, 0.05) is 0 Å². The van der Waals surface area contributed by atoms with Crippen LogP contribution >= 0.6 is 0 Å². The molecule has 0 aromatic rings. The molecule has 62 valence electrons. The lowest BCUT2D eigenvalue weighted by Gasteiger charge is -2.25. The zero-order valence-corrected chi connectivity index (χ0v) is 7.03.